The number of carbonyl (C=O) groups is 1. The summed E-state index contributed by atoms with van der Waals surface area (Å²) in [5, 5.41) is 3.31. The summed E-state index contributed by atoms with van der Waals surface area (Å²) in [5.74, 6) is 0.879. The molecule has 4 nitrogen and oxygen atoms in total. The van der Waals surface area contributed by atoms with Crippen LogP contribution in [-0.4, -0.2) is 29.6 Å². The largest absolute Gasteiger partial charge is 0.350 e. The third-order valence-corrected chi connectivity index (χ3v) is 5.67. The summed E-state index contributed by atoms with van der Waals surface area (Å²) in [5.41, 5.74) is 1.37. The second-order valence-corrected chi connectivity index (χ2v) is 7.26. The van der Waals surface area contributed by atoms with Gasteiger partial charge in [0.05, 0.1) is 12.2 Å². The Kier molecular flexibility index (Phi) is 4.87. The van der Waals surface area contributed by atoms with E-state index in [9.17, 15) is 4.79 Å². The van der Waals surface area contributed by atoms with Crippen LogP contribution in [0, 0.1) is 5.92 Å². The van der Waals surface area contributed by atoms with Gasteiger partial charge in [0.25, 0.3) is 5.91 Å². The molecule has 2 fully saturated rings. The summed E-state index contributed by atoms with van der Waals surface area (Å²) < 4.78 is 2.21. The van der Waals surface area contributed by atoms with E-state index in [0.717, 1.165) is 13.0 Å². The SMILES string of the molecule is C[C@@H]1CCCC[C@H]1NC(=O)C[NH+]1CCC[C@@H]1c1cccn1C. The zero-order valence-electron chi connectivity index (χ0n) is 14.0. The number of hydrogen-bond donors (Lipinski definition) is 2. The summed E-state index contributed by atoms with van der Waals surface area (Å²) in [6.45, 7) is 4.02. The Hall–Kier alpha value is -1.29. The maximum atomic E-state index is 12.5. The molecular weight excluding hydrogens is 274 g/mol. The molecule has 1 aliphatic heterocycles. The van der Waals surface area contributed by atoms with Crippen LogP contribution < -0.4 is 10.2 Å². The summed E-state index contributed by atoms with van der Waals surface area (Å²) in [6.07, 6.45) is 9.52. The molecule has 122 valence electrons. The first-order valence-corrected chi connectivity index (χ1v) is 8.90. The van der Waals surface area contributed by atoms with Crippen molar-refractivity contribution in [3.05, 3.63) is 24.0 Å². The van der Waals surface area contributed by atoms with E-state index in [4.69, 9.17) is 0 Å². The number of nitrogens with one attached hydrogen (secondary N) is 2. The van der Waals surface area contributed by atoms with Gasteiger partial charge in [-0.25, -0.2) is 0 Å². The molecule has 1 saturated heterocycles. The Morgan fingerprint density at radius 1 is 1.32 bits per heavy atom. The average Bonchev–Trinajstić information content (AvgIpc) is 3.10. The van der Waals surface area contributed by atoms with Gasteiger partial charge in [0.2, 0.25) is 0 Å². The lowest BCUT2D eigenvalue weighted by atomic mass is 9.86. The van der Waals surface area contributed by atoms with Gasteiger partial charge in [0.1, 0.15) is 6.04 Å². The van der Waals surface area contributed by atoms with Gasteiger partial charge >= 0.3 is 0 Å². The van der Waals surface area contributed by atoms with Gasteiger partial charge in [0, 0.05) is 32.1 Å². The van der Waals surface area contributed by atoms with Gasteiger partial charge in [-0.3, -0.25) is 4.79 Å². The van der Waals surface area contributed by atoms with Crippen LogP contribution in [0.1, 0.15) is 57.2 Å². The minimum Gasteiger partial charge on any atom is -0.350 e. The van der Waals surface area contributed by atoms with Crippen LogP contribution in [0.2, 0.25) is 0 Å². The highest BCUT2D eigenvalue weighted by molar-refractivity contribution is 5.77. The van der Waals surface area contributed by atoms with Crippen molar-refractivity contribution in [2.24, 2.45) is 13.0 Å². The van der Waals surface area contributed by atoms with E-state index in [2.05, 4.69) is 42.2 Å². The topological polar surface area (TPSA) is 38.5 Å². The van der Waals surface area contributed by atoms with E-state index in [1.807, 2.05) is 0 Å². The monoisotopic (exact) mass is 304 g/mol. The maximum Gasteiger partial charge on any atom is 0.275 e. The predicted octanol–water partition coefficient (Wildman–Crippen LogP) is 1.44. The molecule has 1 saturated carbocycles. The zero-order valence-corrected chi connectivity index (χ0v) is 14.0. The van der Waals surface area contributed by atoms with Gasteiger partial charge < -0.3 is 14.8 Å². The van der Waals surface area contributed by atoms with Crippen molar-refractivity contribution in [2.75, 3.05) is 13.1 Å². The number of carbonyl (C=O) groups excluding carboxylic acids is 1. The molecule has 1 unspecified atom stereocenters. The second-order valence-electron chi connectivity index (χ2n) is 7.26. The highest BCUT2D eigenvalue weighted by atomic mass is 16.2. The lowest BCUT2D eigenvalue weighted by Gasteiger charge is -2.30. The van der Waals surface area contributed by atoms with E-state index in [1.54, 1.807) is 0 Å². The standard InChI is InChI=1S/C18H29N3O/c1-14-7-3-4-8-15(14)19-18(22)13-21-12-6-10-17(21)16-9-5-11-20(16)2/h5,9,11,14-15,17H,3-4,6-8,10,12-13H2,1-2H3,(H,19,22)/p+1/t14-,15-,17-/m1/s1. The number of quaternary nitrogens is 1. The first-order valence-electron chi connectivity index (χ1n) is 8.90. The first-order chi connectivity index (χ1) is 10.6. The van der Waals surface area contributed by atoms with Crippen molar-refractivity contribution in [1.82, 2.24) is 9.88 Å². The summed E-state index contributed by atoms with van der Waals surface area (Å²) in [7, 11) is 2.11. The summed E-state index contributed by atoms with van der Waals surface area (Å²) in [6, 6.07) is 5.19. The molecular formula is C18H30N3O+. The molecule has 4 atom stereocenters. The van der Waals surface area contributed by atoms with Crippen molar-refractivity contribution in [3.8, 4) is 0 Å². The van der Waals surface area contributed by atoms with Gasteiger partial charge in [-0.15, -0.1) is 0 Å². The lowest BCUT2D eigenvalue weighted by molar-refractivity contribution is -0.911. The average molecular weight is 304 g/mol. The molecule has 4 heteroatoms. The molecule has 2 heterocycles. The Labute approximate surface area is 133 Å². The molecule has 22 heavy (non-hydrogen) atoms. The molecule has 1 aliphatic carbocycles. The van der Waals surface area contributed by atoms with E-state index < -0.39 is 0 Å². The Morgan fingerprint density at radius 3 is 2.86 bits per heavy atom. The number of likely N-dealkylation sites (tertiary alicyclic amines) is 1. The second kappa shape index (κ2) is 6.86. The number of aryl methyl sites for hydroxylation is 1. The Bertz CT molecular complexity index is 510. The predicted molar refractivity (Wildman–Crippen MR) is 87.6 cm³/mol. The van der Waals surface area contributed by atoms with Crippen molar-refractivity contribution in [3.63, 3.8) is 0 Å². The fraction of sp³-hybridized carbons (Fsp3) is 0.722. The lowest BCUT2D eigenvalue weighted by Crippen LogP contribution is -3.11. The molecule has 1 amide bonds. The van der Waals surface area contributed by atoms with Crippen molar-refractivity contribution in [2.45, 2.75) is 57.5 Å². The summed E-state index contributed by atoms with van der Waals surface area (Å²) >= 11 is 0. The Balaban J connectivity index is 1.57. The number of rotatable bonds is 4. The molecule has 0 spiro atoms. The van der Waals surface area contributed by atoms with E-state index in [1.165, 1.54) is 42.7 Å². The number of hydrogen-bond acceptors (Lipinski definition) is 1. The van der Waals surface area contributed by atoms with Gasteiger partial charge in [0.15, 0.2) is 6.54 Å². The first kappa shape index (κ1) is 15.6. The van der Waals surface area contributed by atoms with Crippen LogP contribution in [0.3, 0.4) is 0 Å². The third-order valence-electron chi connectivity index (χ3n) is 5.67. The van der Waals surface area contributed by atoms with Crippen molar-refractivity contribution < 1.29 is 9.69 Å². The van der Waals surface area contributed by atoms with Crippen molar-refractivity contribution in [1.29, 1.82) is 0 Å². The number of aromatic nitrogens is 1. The molecule has 1 aromatic rings. The van der Waals surface area contributed by atoms with Crippen molar-refractivity contribution >= 4 is 5.91 Å². The van der Waals surface area contributed by atoms with E-state index >= 15 is 0 Å². The van der Waals surface area contributed by atoms with E-state index in [0.29, 0.717) is 24.5 Å². The highest BCUT2D eigenvalue weighted by Crippen LogP contribution is 2.23. The fourth-order valence-electron chi connectivity index (χ4n) is 4.31. The molecule has 2 N–H and O–H groups in total. The molecule has 1 aromatic heterocycles. The van der Waals surface area contributed by atoms with Crippen LogP contribution in [0.25, 0.3) is 0 Å². The van der Waals surface area contributed by atoms with Crippen LogP contribution in [-0.2, 0) is 11.8 Å². The van der Waals surface area contributed by atoms with Crippen LogP contribution in [0.4, 0.5) is 0 Å². The molecule has 0 radical (unpaired) electrons. The van der Waals surface area contributed by atoms with E-state index in [-0.39, 0.29) is 5.91 Å². The summed E-state index contributed by atoms with van der Waals surface area (Å²) in [4.78, 5) is 13.9. The molecule has 0 bridgehead atoms. The normalized spacial score (nSPS) is 32.1. The fourth-order valence-corrected chi connectivity index (χ4v) is 4.31. The quantitative estimate of drug-likeness (QED) is 0.868. The maximum absolute atomic E-state index is 12.5. The van der Waals surface area contributed by atoms with Gasteiger partial charge in [-0.05, 0) is 30.9 Å². The zero-order chi connectivity index (χ0) is 15.5. The minimum atomic E-state index is 0.245. The van der Waals surface area contributed by atoms with Gasteiger partial charge in [-0.1, -0.05) is 19.8 Å². The molecule has 3 rings (SSSR count). The van der Waals surface area contributed by atoms with Crippen LogP contribution >= 0.6 is 0 Å². The third kappa shape index (κ3) is 3.37. The highest BCUT2D eigenvalue weighted by Gasteiger charge is 2.33. The molecule has 0 aromatic carbocycles. The number of nitrogens with zero attached hydrogens (tertiary/aromatic N) is 1. The smallest absolute Gasteiger partial charge is 0.275 e. The minimum absolute atomic E-state index is 0.245. The Morgan fingerprint density at radius 2 is 2.14 bits per heavy atom. The van der Waals surface area contributed by atoms with Gasteiger partial charge in [-0.2, -0.15) is 0 Å². The number of amides is 1. The van der Waals surface area contributed by atoms with Crippen LogP contribution in [0.15, 0.2) is 18.3 Å². The molecule has 2 aliphatic rings. The van der Waals surface area contributed by atoms with Crippen LogP contribution in [0.5, 0.6) is 0 Å².